The van der Waals surface area contributed by atoms with Crippen molar-refractivity contribution < 1.29 is 24.2 Å². The summed E-state index contributed by atoms with van der Waals surface area (Å²) in [6, 6.07) is 11.0. The van der Waals surface area contributed by atoms with E-state index in [1.165, 1.54) is 11.2 Å². The van der Waals surface area contributed by atoms with Gasteiger partial charge in [-0.3, -0.25) is 14.9 Å². The third kappa shape index (κ3) is 5.84. The smallest absolute Gasteiger partial charge is 0.407 e. The van der Waals surface area contributed by atoms with E-state index in [1.807, 2.05) is 32.0 Å². The van der Waals surface area contributed by atoms with Crippen molar-refractivity contribution in [2.75, 3.05) is 30.3 Å². The molecule has 1 aliphatic rings. The fourth-order valence-corrected chi connectivity index (χ4v) is 4.59. The van der Waals surface area contributed by atoms with Gasteiger partial charge in [-0.2, -0.15) is 0 Å². The molecule has 0 atom stereocenters. The number of piperidine rings is 1. The maximum Gasteiger partial charge on any atom is 0.407 e. The molecule has 2 aromatic heterocycles. The second-order valence-electron chi connectivity index (χ2n) is 9.64. The van der Waals surface area contributed by atoms with Gasteiger partial charge in [0.2, 0.25) is 5.95 Å². The number of rotatable bonds is 7. The number of carbonyl (C=O) groups excluding carboxylic acids is 2. The number of carbonyl (C=O) groups is 3. The molecule has 1 aliphatic heterocycles. The number of imidazole rings is 2. The van der Waals surface area contributed by atoms with Crippen molar-refractivity contribution in [3.8, 4) is 5.75 Å². The molecule has 0 spiro atoms. The average Bonchev–Trinajstić information content (AvgIpc) is 3.56. The van der Waals surface area contributed by atoms with Crippen LogP contribution in [0.3, 0.4) is 0 Å². The first-order chi connectivity index (χ1) is 18.8. The third-order valence-corrected chi connectivity index (χ3v) is 6.77. The van der Waals surface area contributed by atoms with Crippen molar-refractivity contribution in [2.24, 2.45) is 5.92 Å². The molecule has 1 saturated heterocycles. The van der Waals surface area contributed by atoms with E-state index in [0.717, 1.165) is 24.0 Å². The predicted molar refractivity (Wildman–Crippen MR) is 144 cm³/mol. The number of aromatic amines is 2. The molecule has 12 nitrogen and oxygen atoms in total. The van der Waals surface area contributed by atoms with Crippen LogP contribution in [0.4, 0.5) is 16.4 Å². The minimum atomic E-state index is -0.883. The molecule has 0 bridgehead atoms. The summed E-state index contributed by atoms with van der Waals surface area (Å²) < 4.78 is 5.95. The van der Waals surface area contributed by atoms with Gasteiger partial charge in [0.25, 0.3) is 11.8 Å². The topological polar surface area (TPSA) is 165 Å². The Balaban J connectivity index is 1.21. The summed E-state index contributed by atoms with van der Waals surface area (Å²) in [5.74, 6) is 0.0608. The molecule has 2 aromatic carbocycles. The molecule has 0 unspecified atom stereocenters. The van der Waals surface area contributed by atoms with Gasteiger partial charge in [-0.25, -0.2) is 14.8 Å². The van der Waals surface area contributed by atoms with Crippen molar-refractivity contribution in [3.63, 3.8) is 0 Å². The Hall–Kier alpha value is -4.87. The number of H-pyrrole nitrogens is 2. The van der Waals surface area contributed by atoms with Crippen LogP contribution in [0.5, 0.6) is 5.75 Å². The van der Waals surface area contributed by atoms with Crippen LogP contribution in [0.2, 0.25) is 0 Å². The van der Waals surface area contributed by atoms with Crippen LogP contribution in [0.25, 0.3) is 11.0 Å². The highest BCUT2D eigenvalue weighted by molar-refractivity contribution is 6.13. The van der Waals surface area contributed by atoms with E-state index >= 15 is 0 Å². The average molecular weight is 532 g/mol. The normalized spacial score (nSPS) is 13.8. The molecule has 0 saturated carbocycles. The highest BCUT2D eigenvalue weighted by Crippen LogP contribution is 2.24. The fourth-order valence-electron chi connectivity index (χ4n) is 4.59. The van der Waals surface area contributed by atoms with Crippen LogP contribution in [0.15, 0.2) is 42.7 Å². The van der Waals surface area contributed by atoms with Crippen LogP contribution in [0.1, 0.15) is 44.9 Å². The van der Waals surface area contributed by atoms with Crippen molar-refractivity contribution in [1.82, 2.24) is 24.8 Å². The van der Waals surface area contributed by atoms with Crippen molar-refractivity contribution >= 4 is 40.6 Å². The Morgan fingerprint density at radius 1 is 1.08 bits per heavy atom. The summed E-state index contributed by atoms with van der Waals surface area (Å²) in [5.41, 5.74) is 3.89. The molecule has 4 aromatic rings. The minimum absolute atomic E-state index is 0.00990. The lowest BCUT2D eigenvalue weighted by Crippen LogP contribution is -2.38. The minimum Gasteiger partial charge on any atom is -0.493 e. The lowest BCUT2D eigenvalue weighted by molar-refractivity contribution is 0.0985. The second kappa shape index (κ2) is 10.9. The lowest BCUT2D eigenvalue weighted by atomic mass is 9.98. The molecule has 1 fully saturated rings. The largest absolute Gasteiger partial charge is 0.493 e. The van der Waals surface area contributed by atoms with E-state index in [4.69, 9.17) is 9.84 Å². The third-order valence-electron chi connectivity index (χ3n) is 6.77. The van der Waals surface area contributed by atoms with Crippen molar-refractivity contribution in [1.29, 1.82) is 0 Å². The quantitative estimate of drug-likeness (QED) is 0.239. The zero-order valence-electron chi connectivity index (χ0n) is 21.6. The zero-order chi connectivity index (χ0) is 27.5. The number of aromatic nitrogens is 4. The van der Waals surface area contributed by atoms with Gasteiger partial charge in [-0.15, -0.1) is 0 Å². The first-order valence-corrected chi connectivity index (χ1v) is 12.6. The van der Waals surface area contributed by atoms with Crippen LogP contribution in [0, 0.1) is 19.8 Å². The molecule has 12 heteroatoms. The summed E-state index contributed by atoms with van der Waals surface area (Å²) in [4.78, 5) is 52.5. The number of likely N-dealkylation sites (tertiary alicyclic amines) is 1. The number of ether oxygens (including phenoxy) is 1. The Labute approximate surface area is 223 Å². The number of fused-ring (bicyclic) bond motifs is 1. The van der Waals surface area contributed by atoms with Gasteiger partial charge in [0, 0.05) is 24.8 Å². The fraction of sp³-hybridized carbons (Fsp3) is 0.296. The molecule has 202 valence electrons. The van der Waals surface area contributed by atoms with Crippen LogP contribution < -0.4 is 15.4 Å². The maximum absolute atomic E-state index is 13.0. The summed E-state index contributed by atoms with van der Waals surface area (Å²) in [6.07, 6.45) is 1.92. The number of anilines is 2. The number of nitrogens with one attached hydrogen (secondary N) is 4. The van der Waals surface area contributed by atoms with E-state index in [0.29, 0.717) is 42.2 Å². The van der Waals surface area contributed by atoms with E-state index in [2.05, 4.69) is 30.6 Å². The molecular weight excluding hydrogens is 502 g/mol. The van der Waals surface area contributed by atoms with Crippen molar-refractivity contribution in [3.05, 3.63) is 65.2 Å². The first kappa shape index (κ1) is 25.8. The summed E-state index contributed by atoms with van der Waals surface area (Å²) in [5, 5.41) is 14.6. The van der Waals surface area contributed by atoms with Gasteiger partial charge in [-0.05, 0) is 56.4 Å². The number of aryl methyl sites for hydroxylation is 2. The van der Waals surface area contributed by atoms with Gasteiger partial charge in [0.05, 0.1) is 24.0 Å². The lowest BCUT2D eigenvalue weighted by Gasteiger charge is -2.29. The number of carboxylic acid groups (broad SMARTS) is 1. The van der Waals surface area contributed by atoms with Crippen LogP contribution >= 0.6 is 0 Å². The van der Waals surface area contributed by atoms with Crippen molar-refractivity contribution in [2.45, 2.75) is 26.7 Å². The monoisotopic (exact) mass is 531 g/mol. The Bertz CT molecular complexity index is 1530. The molecular formula is C27H29N7O5. The van der Waals surface area contributed by atoms with Crippen LogP contribution in [-0.4, -0.2) is 67.5 Å². The highest BCUT2D eigenvalue weighted by atomic mass is 16.5. The predicted octanol–water partition coefficient (Wildman–Crippen LogP) is 4.18. The molecule has 39 heavy (non-hydrogen) atoms. The molecule has 0 aliphatic carbocycles. The van der Waals surface area contributed by atoms with E-state index < -0.39 is 17.9 Å². The van der Waals surface area contributed by atoms with Gasteiger partial charge >= 0.3 is 6.09 Å². The molecule has 3 amide bonds. The second-order valence-corrected chi connectivity index (χ2v) is 9.64. The zero-order valence-corrected chi connectivity index (χ0v) is 21.6. The van der Waals surface area contributed by atoms with Gasteiger partial charge in [0.1, 0.15) is 11.4 Å². The van der Waals surface area contributed by atoms with Gasteiger partial charge in [-0.1, -0.05) is 17.7 Å². The summed E-state index contributed by atoms with van der Waals surface area (Å²) >= 11 is 0. The SMILES string of the molecule is Cc1ccc(NC(=O)c2nc[nH]c2C(=O)Nc2nc3ccc(OCC4CCN(C(=O)O)CC4)cc3[nH]2)c(C)c1. The number of benzene rings is 2. The first-order valence-electron chi connectivity index (χ1n) is 12.6. The van der Waals surface area contributed by atoms with Gasteiger partial charge in [0.15, 0.2) is 5.69 Å². The molecule has 0 radical (unpaired) electrons. The number of hydrogen-bond donors (Lipinski definition) is 5. The summed E-state index contributed by atoms with van der Waals surface area (Å²) in [7, 11) is 0. The molecule has 3 heterocycles. The van der Waals surface area contributed by atoms with E-state index in [9.17, 15) is 14.4 Å². The summed E-state index contributed by atoms with van der Waals surface area (Å²) in [6.45, 7) is 5.37. The number of hydrogen-bond acceptors (Lipinski definition) is 6. The Morgan fingerprint density at radius 3 is 2.62 bits per heavy atom. The van der Waals surface area contributed by atoms with E-state index in [1.54, 1.807) is 18.2 Å². The standard InChI is InChI=1S/C27H29N7O5/c1-15-3-5-19(16(2)11-15)30-24(35)22-23(29-14-28-22)25(36)33-26-31-20-6-4-18(12-21(20)32-26)39-13-17-7-9-34(10-8-17)27(37)38/h3-6,11-12,14,17H,7-10,13H2,1-2H3,(H,28,29)(H,30,35)(H,37,38)(H2,31,32,33,36). The molecule has 5 N–H and O–H groups in total. The Morgan fingerprint density at radius 2 is 1.87 bits per heavy atom. The number of nitrogens with zero attached hydrogens (tertiary/aromatic N) is 3. The number of amides is 3. The van der Waals surface area contributed by atoms with Crippen LogP contribution in [-0.2, 0) is 0 Å². The molecule has 5 rings (SSSR count). The Kier molecular flexibility index (Phi) is 7.17. The van der Waals surface area contributed by atoms with Gasteiger partial charge < -0.3 is 30.0 Å². The maximum atomic E-state index is 13.0. The van der Waals surface area contributed by atoms with E-state index in [-0.39, 0.29) is 23.3 Å². The highest BCUT2D eigenvalue weighted by Gasteiger charge is 2.24.